The van der Waals surface area contributed by atoms with Crippen LogP contribution in [0.3, 0.4) is 0 Å². The molecule has 0 aliphatic carbocycles. The molecule has 0 saturated carbocycles. The predicted octanol–water partition coefficient (Wildman–Crippen LogP) is 2.59. The fraction of sp³-hybridized carbons (Fsp3) is 0.273. The molecular weight excluding hydrogens is 249 g/mol. The molecule has 1 amide bonds. The van der Waals surface area contributed by atoms with Crippen molar-refractivity contribution in [1.82, 2.24) is 5.32 Å². The average Bonchev–Trinajstić information content (AvgIpc) is 2.12. The zero-order chi connectivity index (χ0) is 12.1. The van der Waals surface area contributed by atoms with Crippen LogP contribution in [-0.2, 0) is 16.1 Å². The normalized spacial score (nSPS) is 9.94. The van der Waals surface area contributed by atoms with Crippen LogP contribution >= 0.6 is 23.2 Å². The summed E-state index contributed by atoms with van der Waals surface area (Å²) < 4.78 is 0. The number of ketones is 1. The van der Waals surface area contributed by atoms with Crippen molar-refractivity contribution in [1.29, 1.82) is 0 Å². The largest absolute Gasteiger partial charge is 0.352 e. The van der Waals surface area contributed by atoms with Gasteiger partial charge in [-0.25, -0.2) is 0 Å². The maximum Gasteiger partial charge on any atom is 0.227 e. The van der Waals surface area contributed by atoms with Gasteiger partial charge in [-0.1, -0.05) is 23.2 Å². The Balaban J connectivity index is 2.54. The fourth-order valence-electron chi connectivity index (χ4n) is 1.20. The number of nitrogens with one attached hydrogen (secondary N) is 1. The van der Waals surface area contributed by atoms with Crippen molar-refractivity contribution in [3.05, 3.63) is 33.8 Å². The summed E-state index contributed by atoms with van der Waals surface area (Å²) >= 11 is 11.6. The highest BCUT2D eigenvalue weighted by atomic mass is 35.5. The number of hydrogen-bond donors (Lipinski definition) is 1. The molecule has 1 N–H and O–H groups in total. The highest BCUT2D eigenvalue weighted by molar-refractivity contribution is 6.34. The van der Waals surface area contributed by atoms with Gasteiger partial charge in [0.15, 0.2) is 0 Å². The highest BCUT2D eigenvalue weighted by Gasteiger charge is 2.05. The molecule has 1 aromatic rings. The van der Waals surface area contributed by atoms with Gasteiger partial charge in [-0.15, -0.1) is 0 Å². The second kappa shape index (κ2) is 5.87. The molecule has 0 aliphatic heterocycles. The number of Topliss-reactive ketones (excluding diaryl/α,β-unsaturated/α-hetero) is 1. The van der Waals surface area contributed by atoms with Crippen LogP contribution in [0.1, 0.15) is 18.9 Å². The molecule has 0 radical (unpaired) electrons. The molecule has 0 saturated heterocycles. The van der Waals surface area contributed by atoms with E-state index in [9.17, 15) is 9.59 Å². The van der Waals surface area contributed by atoms with Crippen LogP contribution in [-0.4, -0.2) is 11.7 Å². The van der Waals surface area contributed by atoms with Gasteiger partial charge in [0.2, 0.25) is 5.91 Å². The highest BCUT2D eigenvalue weighted by Crippen LogP contribution is 2.18. The molecule has 0 aromatic heterocycles. The number of hydrogen-bond acceptors (Lipinski definition) is 2. The summed E-state index contributed by atoms with van der Waals surface area (Å²) in [6.45, 7) is 1.68. The fourth-order valence-corrected chi connectivity index (χ4v) is 1.77. The zero-order valence-corrected chi connectivity index (χ0v) is 10.2. The molecule has 0 atom stereocenters. The van der Waals surface area contributed by atoms with E-state index >= 15 is 0 Å². The van der Waals surface area contributed by atoms with E-state index in [1.165, 1.54) is 6.92 Å². The maximum atomic E-state index is 11.2. The van der Waals surface area contributed by atoms with Crippen molar-refractivity contribution in [2.24, 2.45) is 0 Å². The molecule has 0 fully saturated rings. The smallest absolute Gasteiger partial charge is 0.227 e. The van der Waals surface area contributed by atoms with E-state index in [0.29, 0.717) is 16.6 Å². The third kappa shape index (κ3) is 4.64. The van der Waals surface area contributed by atoms with Gasteiger partial charge in [-0.05, 0) is 30.7 Å². The molecular formula is C11H11Cl2NO2. The molecule has 16 heavy (non-hydrogen) atoms. The Bertz CT molecular complexity index is 398. The van der Waals surface area contributed by atoms with Crippen LogP contribution in [0.15, 0.2) is 18.2 Å². The van der Waals surface area contributed by atoms with Crippen molar-refractivity contribution < 1.29 is 9.59 Å². The first-order valence-corrected chi connectivity index (χ1v) is 5.44. The van der Waals surface area contributed by atoms with E-state index in [4.69, 9.17) is 23.2 Å². The van der Waals surface area contributed by atoms with Crippen molar-refractivity contribution in [3.8, 4) is 0 Å². The molecule has 1 aromatic carbocycles. The van der Waals surface area contributed by atoms with Crippen LogP contribution in [0.2, 0.25) is 10.0 Å². The van der Waals surface area contributed by atoms with E-state index in [2.05, 4.69) is 5.32 Å². The standard InChI is InChI=1S/C11H11Cl2NO2/c1-7(15)2-11(16)14-6-8-3-9(12)5-10(13)4-8/h3-5H,2,6H2,1H3,(H,14,16). The molecule has 5 heteroatoms. The van der Waals surface area contributed by atoms with Gasteiger partial charge < -0.3 is 5.32 Å². The molecule has 1 rings (SSSR count). The number of carbonyl (C=O) groups is 2. The quantitative estimate of drug-likeness (QED) is 0.846. The van der Waals surface area contributed by atoms with Crippen molar-refractivity contribution in [3.63, 3.8) is 0 Å². The summed E-state index contributed by atoms with van der Waals surface area (Å²) in [7, 11) is 0. The Morgan fingerprint density at radius 1 is 1.19 bits per heavy atom. The van der Waals surface area contributed by atoms with Gasteiger partial charge in [-0.2, -0.15) is 0 Å². The first kappa shape index (κ1) is 13.0. The Kier molecular flexibility index (Phi) is 4.77. The maximum absolute atomic E-state index is 11.2. The molecule has 0 heterocycles. The van der Waals surface area contributed by atoms with E-state index in [0.717, 1.165) is 5.56 Å². The van der Waals surface area contributed by atoms with Gasteiger partial charge in [0.25, 0.3) is 0 Å². The van der Waals surface area contributed by atoms with Crippen LogP contribution in [0.5, 0.6) is 0 Å². The summed E-state index contributed by atoms with van der Waals surface area (Å²) in [5.41, 5.74) is 0.800. The summed E-state index contributed by atoms with van der Waals surface area (Å²) in [6.07, 6.45) is -0.103. The topological polar surface area (TPSA) is 46.2 Å². The van der Waals surface area contributed by atoms with Gasteiger partial charge >= 0.3 is 0 Å². The van der Waals surface area contributed by atoms with Crippen molar-refractivity contribution in [2.75, 3.05) is 0 Å². The van der Waals surface area contributed by atoms with Gasteiger partial charge in [0, 0.05) is 16.6 Å². The second-order valence-corrected chi connectivity index (χ2v) is 4.31. The molecule has 0 aliphatic rings. The minimum absolute atomic E-state index is 0.103. The third-order valence-corrected chi connectivity index (χ3v) is 2.26. The first-order chi connectivity index (χ1) is 7.47. The molecule has 86 valence electrons. The van der Waals surface area contributed by atoms with Crippen LogP contribution in [0.4, 0.5) is 0 Å². The molecule has 3 nitrogen and oxygen atoms in total. The lowest BCUT2D eigenvalue weighted by molar-refractivity contribution is -0.127. The molecule has 0 spiro atoms. The summed E-state index contributed by atoms with van der Waals surface area (Å²) in [5, 5.41) is 3.64. The number of halogens is 2. The number of benzene rings is 1. The number of amides is 1. The Labute approximate surface area is 104 Å². The van der Waals surface area contributed by atoms with Gasteiger partial charge in [0.1, 0.15) is 5.78 Å². The van der Waals surface area contributed by atoms with Crippen molar-refractivity contribution >= 4 is 34.9 Å². The Hall–Kier alpha value is -1.06. The molecule has 0 bridgehead atoms. The second-order valence-electron chi connectivity index (χ2n) is 3.43. The van der Waals surface area contributed by atoms with E-state index < -0.39 is 0 Å². The van der Waals surface area contributed by atoms with E-state index in [1.54, 1.807) is 18.2 Å². The zero-order valence-electron chi connectivity index (χ0n) is 8.72. The van der Waals surface area contributed by atoms with Gasteiger partial charge in [-0.3, -0.25) is 9.59 Å². The summed E-state index contributed by atoms with van der Waals surface area (Å²) in [5.74, 6) is -0.467. The van der Waals surface area contributed by atoms with Gasteiger partial charge in [0.05, 0.1) is 6.42 Å². The SMILES string of the molecule is CC(=O)CC(=O)NCc1cc(Cl)cc(Cl)c1. The lowest BCUT2D eigenvalue weighted by Crippen LogP contribution is -2.24. The average molecular weight is 260 g/mol. The van der Waals surface area contributed by atoms with E-state index in [-0.39, 0.29) is 18.1 Å². The Morgan fingerprint density at radius 3 is 2.25 bits per heavy atom. The van der Waals surface area contributed by atoms with Crippen LogP contribution in [0, 0.1) is 0 Å². The monoisotopic (exact) mass is 259 g/mol. The lowest BCUT2D eigenvalue weighted by Gasteiger charge is -2.05. The third-order valence-electron chi connectivity index (χ3n) is 1.82. The number of rotatable bonds is 4. The Morgan fingerprint density at radius 2 is 1.75 bits per heavy atom. The van der Waals surface area contributed by atoms with E-state index in [1.807, 2.05) is 0 Å². The predicted molar refractivity (Wildman–Crippen MR) is 63.6 cm³/mol. The number of carbonyl (C=O) groups excluding carboxylic acids is 2. The summed E-state index contributed by atoms with van der Waals surface area (Å²) in [6, 6.07) is 5.03. The summed E-state index contributed by atoms with van der Waals surface area (Å²) in [4.78, 5) is 21.9. The molecule has 0 unspecified atom stereocenters. The van der Waals surface area contributed by atoms with Crippen LogP contribution < -0.4 is 5.32 Å². The first-order valence-electron chi connectivity index (χ1n) is 4.68. The van der Waals surface area contributed by atoms with Crippen molar-refractivity contribution in [2.45, 2.75) is 19.9 Å². The lowest BCUT2D eigenvalue weighted by atomic mass is 10.2. The minimum atomic E-state index is -0.302. The van der Waals surface area contributed by atoms with Crippen LogP contribution in [0.25, 0.3) is 0 Å². The minimum Gasteiger partial charge on any atom is -0.352 e.